The van der Waals surface area contributed by atoms with Gasteiger partial charge in [-0.2, -0.15) is 0 Å². The van der Waals surface area contributed by atoms with Crippen molar-refractivity contribution in [1.82, 2.24) is 9.97 Å². The van der Waals surface area contributed by atoms with Gasteiger partial charge in [-0.3, -0.25) is 4.79 Å². The molecule has 0 saturated heterocycles. The molecule has 0 aliphatic heterocycles. The van der Waals surface area contributed by atoms with E-state index in [1.165, 1.54) is 103 Å². The summed E-state index contributed by atoms with van der Waals surface area (Å²) in [5, 5.41) is 0.765. The van der Waals surface area contributed by atoms with Crippen LogP contribution >= 0.6 is 11.8 Å². The number of hydrogen-bond acceptors (Lipinski definition) is 3. The number of aromatic amines is 1. The number of thioether (sulfide) groups is 1. The fourth-order valence-corrected chi connectivity index (χ4v) is 4.36. The number of aryl methyl sites for hydroxylation is 1. The van der Waals surface area contributed by atoms with Crippen molar-refractivity contribution in [2.24, 2.45) is 0 Å². The van der Waals surface area contributed by atoms with Crippen molar-refractivity contribution in [3.05, 3.63) is 22.1 Å². The van der Waals surface area contributed by atoms with Gasteiger partial charge >= 0.3 is 0 Å². The zero-order valence-electron chi connectivity index (χ0n) is 17.9. The van der Waals surface area contributed by atoms with Gasteiger partial charge in [0.1, 0.15) is 0 Å². The Balaban J connectivity index is 1.78. The fraction of sp³-hybridized carbons (Fsp3) is 0.826. The highest BCUT2D eigenvalue weighted by atomic mass is 32.2. The maximum atomic E-state index is 11.4. The van der Waals surface area contributed by atoms with Crippen LogP contribution in [0, 0.1) is 6.92 Å². The van der Waals surface area contributed by atoms with Gasteiger partial charge in [-0.15, -0.1) is 0 Å². The van der Waals surface area contributed by atoms with Crippen molar-refractivity contribution < 1.29 is 0 Å². The Morgan fingerprint density at radius 1 is 0.778 bits per heavy atom. The summed E-state index contributed by atoms with van der Waals surface area (Å²) in [4.78, 5) is 18.5. The maximum Gasteiger partial charge on any atom is 0.251 e. The molecule has 0 radical (unpaired) electrons. The standard InChI is InChI=1S/C23H42N2OS/c1-3-4-5-6-7-8-9-10-11-12-13-14-15-16-17-18-19-27-23-24-21(2)20-22(26)25-23/h20H,3-19H2,1-2H3,(H,24,25,26). The number of nitrogens with zero attached hydrogens (tertiary/aromatic N) is 1. The lowest BCUT2D eigenvalue weighted by molar-refractivity contribution is 0.531. The molecule has 1 heterocycles. The van der Waals surface area contributed by atoms with E-state index in [9.17, 15) is 4.79 Å². The Hall–Kier alpha value is -0.770. The van der Waals surface area contributed by atoms with E-state index in [-0.39, 0.29) is 5.56 Å². The van der Waals surface area contributed by atoms with Crippen LogP contribution in [0.15, 0.2) is 16.0 Å². The Morgan fingerprint density at radius 3 is 1.67 bits per heavy atom. The Kier molecular flexibility index (Phi) is 15.6. The fourth-order valence-electron chi connectivity index (χ4n) is 3.44. The maximum absolute atomic E-state index is 11.4. The largest absolute Gasteiger partial charge is 0.301 e. The molecule has 156 valence electrons. The molecule has 1 N–H and O–H groups in total. The summed E-state index contributed by atoms with van der Waals surface area (Å²) in [6.45, 7) is 4.15. The average Bonchev–Trinajstić information content (AvgIpc) is 2.63. The second-order valence-electron chi connectivity index (χ2n) is 7.84. The van der Waals surface area contributed by atoms with Crippen LogP contribution in [-0.4, -0.2) is 15.7 Å². The van der Waals surface area contributed by atoms with Crippen LogP contribution in [0.3, 0.4) is 0 Å². The van der Waals surface area contributed by atoms with Crippen molar-refractivity contribution in [1.29, 1.82) is 0 Å². The summed E-state index contributed by atoms with van der Waals surface area (Å²) in [5.41, 5.74) is 0.755. The van der Waals surface area contributed by atoms with Crippen LogP contribution < -0.4 is 5.56 Å². The second kappa shape index (κ2) is 17.3. The summed E-state index contributed by atoms with van der Waals surface area (Å²) in [6, 6.07) is 1.54. The van der Waals surface area contributed by atoms with E-state index in [0.717, 1.165) is 16.6 Å². The van der Waals surface area contributed by atoms with E-state index in [2.05, 4.69) is 16.9 Å². The predicted molar refractivity (Wildman–Crippen MR) is 120 cm³/mol. The highest BCUT2D eigenvalue weighted by molar-refractivity contribution is 7.99. The minimum atomic E-state index is -0.0445. The third-order valence-electron chi connectivity index (χ3n) is 5.08. The van der Waals surface area contributed by atoms with E-state index in [0.29, 0.717) is 0 Å². The third kappa shape index (κ3) is 14.9. The van der Waals surface area contributed by atoms with Gasteiger partial charge in [-0.1, -0.05) is 115 Å². The lowest BCUT2D eigenvalue weighted by Gasteiger charge is -2.04. The van der Waals surface area contributed by atoms with Crippen LogP contribution in [0.25, 0.3) is 0 Å². The molecule has 4 heteroatoms. The normalized spacial score (nSPS) is 11.2. The molecule has 1 rings (SSSR count). The first-order valence-corrected chi connectivity index (χ1v) is 12.4. The number of aromatic nitrogens is 2. The first-order valence-electron chi connectivity index (χ1n) is 11.4. The molecule has 0 fully saturated rings. The zero-order chi connectivity index (χ0) is 19.6. The highest BCUT2D eigenvalue weighted by Crippen LogP contribution is 2.16. The first-order chi connectivity index (χ1) is 13.2. The summed E-state index contributed by atoms with van der Waals surface area (Å²) < 4.78 is 0. The van der Waals surface area contributed by atoms with Gasteiger partial charge < -0.3 is 4.98 Å². The number of unbranched alkanes of at least 4 members (excludes halogenated alkanes) is 15. The summed E-state index contributed by atoms with van der Waals surface area (Å²) in [5.74, 6) is 1.05. The van der Waals surface area contributed by atoms with Gasteiger partial charge in [0.2, 0.25) is 0 Å². The number of hydrogen-bond donors (Lipinski definition) is 1. The Labute approximate surface area is 171 Å². The van der Waals surface area contributed by atoms with Gasteiger partial charge in [0.15, 0.2) is 5.16 Å². The molecule has 0 atom stereocenters. The average molecular weight is 395 g/mol. The molecule has 0 amide bonds. The van der Waals surface area contributed by atoms with Crippen LogP contribution in [0.5, 0.6) is 0 Å². The van der Waals surface area contributed by atoms with Gasteiger partial charge in [-0.05, 0) is 13.3 Å². The lowest BCUT2D eigenvalue weighted by Crippen LogP contribution is -2.08. The Bertz CT molecular complexity index is 515. The lowest BCUT2D eigenvalue weighted by atomic mass is 10.0. The quantitative estimate of drug-likeness (QED) is 0.160. The topological polar surface area (TPSA) is 45.8 Å². The van der Waals surface area contributed by atoms with Gasteiger partial charge in [0.25, 0.3) is 5.56 Å². The third-order valence-corrected chi connectivity index (χ3v) is 6.04. The molecule has 1 aromatic heterocycles. The number of H-pyrrole nitrogens is 1. The second-order valence-corrected chi connectivity index (χ2v) is 8.93. The molecular weight excluding hydrogens is 352 g/mol. The monoisotopic (exact) mass is 394 g/mol. The minimum Gasteiger partial charge on any atom is -0.301 e. The predicted octanol–water partition coefficient (Wildman–Crippen LogP) is 7.43. The van der Waals surface area contributed by atoms with Crippen molar-refractivity contribution in [3.63, 3.8) is 0 Å². The zero-order valence-corrected chi connectivity index (χ0v) is 18.7. The Morgan fingerprint density at radius 2 is 1.22 bits per heavy atom. The molecule has 0 aliphatic carbocycles. The van der Waals surface area contributed by atoms with E-state index in [1.807, 2.05) is 6.92 Å². The van der Waals surface area contributed by atoms with Crippen LogP contribution in [0.1, 0.15) is 115 Å². The molecule has 27 heavy (non-hydrogen) atoms. The molecule has 0 aromatic carbocycles. The molecular formula is C23H42N2OS. The van der Waals surface area contributed by atoms with Crippen LogP contribution in [0.4, 0.5) is 0 Å². The van der Waals surface area contributed by atoms with E-state index >= 15 is 0 Å². The summed E-state index contributed by atoms with van der Waals surface area (Å²) >= 11 is 1.67. The molecule has 0 spiro atoms. The van der Waals surface area contributed by atoms with E-state index < -0.39 is 0 Å². The van der Waals surface area contributed by atoms with Crippen molar-refractivity contribution in [2.75, 3.05) is 5.75 Å². The molecule has 0 unspecified atom stereocenters. The van der Waals surface area contributed by atoms with Crippen molar-refractivity contribution >= 4 is 11.8 Å². The molecule has 1 aromatic rings. The van der Waals surface area contributed by atoms with E-state index in [1.54, 1.807) is 17.8 Å². The van der Waals surface area contributed by atoms with Gasteiger partial charge in [0, 0.05) is 17.5 Å². The molecule has 3 nitrogen and oxygen atoms in total. The van der Waals surface area contributed by atoms with Crippen LogP contribution in [-0.2, 0) is 0 Å². The minimum absolute atomic E-state index is 0.0445. The van der Waals surface area contributed by atoms with Crippen molar-refractivity contribution in [3.8, 4) is 0 Å². The SMILES string of the molecule is CCCCCCCCCCCCCCCCCCSc1nc(C)cc(=O)[nH]1. The summed E-state index contributed by atoms with van der Waals surface area (Å²) in [6.07, 6.45) is 22.4. The van der Waals surface area contributed by atoms with Crippen LogP contribution in [0.2, 0.25) is 0 Å². The highest BCUT2D eigenvalue weighted by Gasteiger charge is 1.99. The molecule has 0 bridgehead atoms. The first kappa shape index (κ1) is 24.3. The van der Waals surface area contributed by atoms with Gasteiger partial charge in [-0.25, -0.2) is 4.98 Å². The summed E-state index contributed by atoms with van der Waals surface area (Å²) in [7, 11) is 0. The van der Waals surface area contributed by atoms with E-state index in [4.69, 9.17) is 0 Å². The number of rotatable bonds is 18. The molecule has 0 aliphatic rings. The molecule has 0 saturated carbocycles. The van der Waals surface area contributed by atoms with Gasteiger partial charge in [0.05, 0.1) is 0 Å². The van der Waals surface area contributed by atoms with Crippen molar-refractivity contribution in [2.45, 2.75) is 122 Å². The smallest absolute Gasteiger partial charge is 0.251 e. The number of nitrogens with one attached hydrogen (secondary N) is 1.